The van der Waals surface area contributed by atoms with Gasteiger partial charge in [-0.1, -0.05) is 6.92 Å². The molecule has 0 heterocycles. The lowest BCUT2D eigenvalue weighted by molar-refractivity contribution is -0.174. The van der Waals surface area contributed by atoms with Crippen molar-refractivity contribution in [2.75, 3.05) is 19.8 Å². The fourth-order valence-electron chi connectivity index (χ4n) is 0.590. The van der Waals surface area contributed by atoms with Gasteiger partial charge < -0.3 is 10.5 Å². The topological polar surface area (TPSA) is 35.2 Å². The molecule has 0 aliphatic heterocycles. The molecule has 0 aliphatic carbocycles. The summed E-state index contributed by atoms with van der Waals surface area (Å²) in [4.78, 5) is 0. The van der Waals surface area contributed by atoms with E-state index in [0.717, 1.165) is 0 Å². The molecule has 0 spiro atoms. The van der Waals surface area contributed by atoms with Crippen molar-refractivity contribution in [3.63, 3.8) is 0 Å². The summed E-state index contributed by atoms with van der Waals surface area (Å²) < 4.78 is 38.9. The summed E-state index contributed by atoms with van der Waals surface area (Å²) in [7, 11) is 0. The summed E-state index contributed by atoms with van der Waals surface area (Å²) in [6.45, 7) is 1.31. The van der Waals surface area contributed by atoms with E-state index >= 15 is 0 Å². The zero-order valence-electron chi connectivity index (χ0n) is 7.03. The summed E-state index contributed by atoms with van der Waals surface area (Å²) in [6, 6.07) is 0. The number of halogens is 3. The fraction of sp³-hybridized carbons (Fsp3) is 1.00. The van der Waals surface area contributed by atoms with Gasteiger partial charge in [0, 0.05) is 6.61 Å². The van der Waals surface area contributed by atoms with Crippen LogP contribution in [0.25, 0.3) is 0 Å². The maximum atomic E-state index is 11.5. The molecule has 2 N–H and O–H groups in total. The number of ether oxygens (including phenoxy) is 1. The Kier molecular flexibility index (Phi) is 5.24. The summed E-state index contributed by atoms with van der Waals surface area (Å²) in [5.41, 5.74) is 5.26. The summed E-state index contributed by atoms with van der Waals surface area (Å²) in [5, 5.41) is 0. The Morgan fingerprint density at radius 2 is 2.00 bits per heavy atom. The predicted octanol–water partition coefficient (Wildman–Crippen LogP) is 1.55. The molecule has 0 rings (SSSR count). The number of alkyl halides is 3. The second kappa shape index (κ2) is 5.37. The number of nitrogens with two attached hydrogens (primary N) is 1. The first kappa shape index (κ1) is 11.7. The van der Waals surface area contributed by atoms with Crippen LogP contribution in [0.2, 0.25) is 0 Å². The highest BCUT2D eigenvalue weighted by molar-refractivity contribution is 4.52. The fourth-order valence-corrected chi connectivity index (χ4v) is 0.590. The standard InChI is InChI=1S/C7H14F3NO/c1-6(4-11)2-3-12-5-7(8,9)10/h6H,2-5,11H2,1H3. The van der Waals surface area contributed by atoms with Crippen molar-refractivity contribution in [3.05, 3.63) is 0 Å². The molecule has 0 aromatic rings. The molecular weight excluding hydrogens is 171 g/mol. The Labute approximate surface area is 69.9 Å². The summed E-state index contributed by atoms with van der Waals surface area (Å²) in [5.74, 6) is 0.221. The van der Waals surface area contributed by atoms with Gasteiger partial charge in [0.05, 0.1) is 0 Å². The zero-order chi connectivity index (χ0) is 9.61. The monoisotopic (exact) mass is 185 g/mol. The van der Waals surface area contributed by atoms with Crippen molar-refractivity contribution in [2.45, 2.75) is 19.5 Å². The van der Waals surface area contributed by atoms with Gasteiger partial charge in [-0.2, -0.15) is 13.2 Å². The molecule has 12 heavy (non-hydrogen) atoms. The average molecular weight is 185 g/mol. The molecule has 1 unspecified atom stereocenters. The highest BCUT2D eigenvalue weighted by atomic mass is 19.4. The molecule has 2 nitrogen and oxygen atoms in total. The quantitative estimate of drug-likeness (QED) is 0.659. The molecule has 0 saturated heterocycles. The molecule has 0 saturated carbocycles. The van der Waals surface area contributed by atoms with Crippen molar-refractivity contribution in [2.24, 2.45) is 11.7 Å². The first-order valence-corrected chi connectivity index (χ1v) is 3.80. The lowest BCUT2D eigenvalue weighted by atomic mass is 10.1. The van der Waals surface area contributed by atoms with E-state index in [2.05, 4.69) is 4.74 Å². The lowest BCUT2D eigenvalue weighted by Gasteiger charge is -2.10. The molecule has 0 aromatic heterocycles. The highest BCUT2D eigenvalue weighted by Crippen LogP contribution is 2.14. The maximum Gasteiger partial charge on any atom is 0.411 e. The van der Waals surface area contributed by atoms with Gasteiger partial charge in [0.25, 0.3) is 0 Å². The summed E-state index contributed by atoms with van der Waals surface area (Å²) in [6.07, 6.45) is -3.64. The van der Waals surface area contributed by atoms with E-state index in [1.165, 1.54) is 0 Å². The van der Waals surface area contributed by atoms with E-state index in [9.17, 15) is 13.2 Å². The van der Waals surface area contributed by atoms with Crippen LogP contribution < -0.4 is 5.73 Å². The van der Waals surface area contributed by atoms with Crippen LogP contribution in [0, 0.1) is 5.92 Å². The minimum Gasteiger partial charge on any atom is -0.372 e. The van der Waals surface area contributed by atoms with Crippen molar-refractivity contribution < 1.29 is 17.9 Å². The first-order valence-electron chi connectivity index (χ1n) is 3.80. The van der Waals surface area contributed by atoms with Gasteiger partial charge in [0.15, 0.2) is 0 Å². The number of hydrogen-bond acceptors (Lipinski definition) is 2. The van der Waals surface area contributed by atoms with Crippen LogP contribution in [0.4, 0.5) is 13.2 Å². The summed E-state index contributed by atoms with van der Waals surface area (Å²) >= 11 is 0. The van der Waals surface area contributed by atoms with E-state index in [0.29, 0.717) is 13.0 Å². The van der Waals surface area contributed by atoms with Gasteiger partial charge in [-0.25, -0.2) is 0 Å². The van der Waals surface area contributed by atoms with E-state index < -0.39 is 12.8 Å². The Hall–Kier alpha value is -0.290. The van der Waals surface area contributed by atoms with Crippen LogP contribution in [0.15, 0.2) is 0 Å². The highest BCUT2D eigenvalue weighted by Gasteiger charge is 2.27. The molecule has 0 bridgehead atoms. The minimum absolute atomic E-state index is 0.123. The molecular formula is C7H14F3NO. The van der Waals surface area contributed by atoms with Crippen molar-refractivity contribution in [1.82, 2.24) is 0 Å². The smallest absolute Gasteiger partial charge is 0.372 e. The maximum absolute atomic E-state index is 11.5. The normalized spacial score (nSPS) is 14.8. The third-order valence-corrected chi connectivity index (χ3v) is 1.42. The van der Waals surface area contributed by atoms with Crippen LogP contribution >= 0.6 is 0 Å². The molecule has 0 amide bonds. The third kappa shape index (κ3) is 7.81. The van der Waals surface area contributed by atoms with Crippen molar-refractivity contribution in [1.29, 1.82) is 0 Å². The molecule has 0 aliphatic rings. The van der Waals surface area contributed by atoms with Crippen LogP contribution in [-0.2, 0) is 4.74 Å². The van der Waals surface area contributed by atoms with E-state index in [1.807, 2.05) is 6.92 Å². The van der Waals surface area contributed by atoms with Crippen LogP contribution in [-0.4, -0.2) is 25.9 Å². The zero-order valence-corrected chi connectivity index (χ0v) is 7.03. The van der Waals surface area contributed by atoms with Gasteiger partial charge in [-0.3, -0.25) is 0 Å². The van der Waals surface area contributed by atoms with E-state index in [1.54, 1.807) is 0 Å². The van der Waals surface area contributed by atoms with Crippen molar-refractivity contribution in [3.8, 4) is 0 Å². The van der Waals surface area contributed by atoms with Crippen LogP contribution in [0.1, 0.15) is 13.3 Å². The van der Waals surface area contributed by atoms with Crippen LogP contribution in [0.5, 0.6) is 0 Å². The van der Waals surface area contributed by atoms with E-state index in [-0.39, 0.29) is 12.5 Å². The van der Waals surface area contributed by atoms with Gasteiger partial charge in [0.1, 0.15) is 6.61 Å². The Morgan fingerprint density at radius 1 is 1.42 bits per heavy atom. The second-order valence-electron chi connectivity index (χ2n) is 2.80. The Balaban J connectivity index is 3.22. The van der Waals surface area contributed by atoms with Gasteiger partial charge in [0.2, 0.25) is 0 Å². The SMILES string of the molecule is CC(CN)CCOCC(F)(F)F. The molecule has 5 heteroatoms. The average Bonchev–Trinajstić information content (AvgIpc) is 1.96. The minimum atomic E-state index is -4.22. The molecule has 0 aromatic carbocycles. The van der Waals surface area contributed by atoms with Crippen LogP contribution in [0.3, 0.4) is 0 Å². The molecule has 0 radical (unpaired) electrons. The lowest BCUT2D eigenvalue weighted by Crippen LogP contribution is -2.19. The molecule has 74 valence electrons. The Bertz CT molecular complexity index is 116. The number of hydrogen-bond donors (Lipinski definition) is 1. The Morgan fingerprint density at radius 3 is 2.42 bits per heavy atom. The van der Waals surface area contributed by atoms with Gasteiger partial charge in [-0.05, 0) is 18.9 Å². The first-order chi connectivity index (χ1) is 5.45. The van der Waals surface area contributed by atoms with E-state index in [4.69, 9.17) is 5.73 Å². The molecule has 1 atom stereocenters. The third-order valence-electron chi connectivity index (χ3n) is 1.42. The van der Waals surface area contributed by atoms with Gasteiger partial charge in [-0.15, -0.1) is 0 Å². The molecule has 0 fully saturated rings. The predicted molar refractivity (Wildman–Crippen MR) is 39.7 cm³/mol. The van der Waals surface area contributed by atoms with Gasteiger partial charge >= 0.3 is 6.18 Å². The largest absolute Gasteiger partial charge is 0.411 e. The number of rotatable bonds is 5. The van der Waals surface area contributed by atoms with Crippen molar-refractivity contribution >= 4 is 0 Å². The second-order valence-corrected chi connectivity index (χ2v) is 2.80.